The highest BCUT2D eigenvalue weighted by Gasteiger charge is 1.96. The summed E-state index contributed by atoms with van der Waals surface area (Å²) < 4.78 is 11.4. The number of hydrogen-bond donors (Lipinski definition) is 0. The first-order chi connectivity index (χ1) is 11.8. The Hall–Kier alpha value is -2.16. The van der Waals surface area contributed by atoms with Gasteiger partial charge in [0.05, 0.1) is 13.2 Å². The van der Waals surface area contributed by atoms with Gasteiger partial charge in [-0.05, 0) is 35.1 Å². The van der Waals surface area contributed by atoms with Gasteiger partial charge in [-0.15, -0.1) is 0 Å². The Balaban J connectivity index is 1.50. The SMILES string of the molecule is C=Cc1ccc(COCCCCOCc2ccc(C=C)cc2)cc1. The molecule has 0 N–H and O–H groups in total. The van der Waals surface area contributed by atoms with Crippen LogP contribution in [0.15, 0.2) is 61.7 Å². The molecule has 0 aromatic heterocycles. The molecular formula is C22H26O2. The first kappa shape index (κ1) is 18.2. The van der Waals surface area contributed by atoms with Crippen molar-refractivity contribution in [2.45, 2.75) is 26.1 Å². The molecule has 0 aliphatic carbocycles. The fraction of sp³-hybridized carbons (Fsp3) is 0.273. The lowest BCUT2D eigenvalue weighted by Crippen LogP contribution is -2.00. The molecule has 2 aromatic carbocycles. The van der Waals surface area contributed by atoms with E-state index >= 15 is 0 Å². The average Bonchev–Trinajstić information content (AvgIpc) is 2.65. The van der Waals surface area contributed by atoms with Crippen LogP contribution in [0.5, 0.6) is 0 Å². The summed E-state index contributed by atoms with van der Waals surface area (Å²) in [6, 6.07) is 16.6. The second-order valence-electron chi connectivity index (χ2n) is 5.70. The Morgan fingerprint density at radius 2 is 1.00 bits per heavy atom. The van der Waals surface area contributed by atoms with Crippen LogP contribution in [0, 0.1) is 0 Å². The second-order valence-corrected chi connectivity index (χ2v) is 5.70. The zero-order valence-corrected chi connectivity index (χ0v) is 14.2. The van der Waals surface area contributed by atoms with Crippen molar-refractivity contribution in [1.29, 1.82) is 0 Å². The van der Waals surface area contributed by atoms with Crippen LogP contribution in [0.4, 0.5) is 0 Å². The third-order valence-corrected chi connectivity index (χ3v) is 3.80. The van der Waals surface area contributed by atoms with E-state index in [0.29, 0.717) is 13.2 Å². The molecule has 2 heteroatoms. The highest BCUT2D eigenvalue weighted by Crippen LogP contribution is 2.08. The number of unbranched alkanes of at least 4 members (excludes halogenated alkanes) is 1. The molecule has 0 saturated carbocycles. The van der Waals surface area contributed by atoms with Gasteiger partial charge in [-0.2, -0.15) is 0 Å². The molecule has 0 saturated heterocycles. The molecule has 126 valence electrons. The molecule has 0 aliphatic rings. The van der Waals surface area contributed by atoms with Crippen molar-refractivity contribution in [3.8, 4) is 0 Å². The van der Waals surface area contributed by atoms with Crippen molar-refractivity contribution in [2.24, 2.45) is 0 Å². The van der Waals surface area contributed by atoms with Crippen LogP contribution in [0.3, 0.4) is 0 Å². The number of hydrogen-bond acceptors (Lipinski definition) is 2. The van der Waals surface area contributed by atoms with Crippen molar-refractivity contribution >= 4 is 12.2 Å². The predicted molar refractivity (Wildman–Crippen MR) is 102 cm³/mol. The Morgan fingerprint density at radius 1 is 0.625 bits per heavy atom. The molecule has 2 nitrogen and oxygen atoms in total. The van der Waals surface area contributed by atoms with Crippen LogP contribution in [0.25, 0.3) is 12.2 Å². The molecule has 0 heterocycles. The Labute approximate surface area is 145 Å². The molecule has 0 unspecified atom stereocenters. The quantitative estimate of drug-likeness (QED) is 0.510. The summed E-state index contributed by atoms with van der Waals surface area (Å²) in [7, 11) is 0. The Kier molecular flexibility index (Phi) is 8.02. The van der Waals surface area contributed by atoms with Gasteiger partial charge in [0.15, 0.2) is 0 Å². The largest absolute Gasteiger partial charge is 0.377 e. The van der Waals surface area contributed by atoms with E-state index in [-0.39, 0.29) is 0 Å². The second kappa shape index (κ2) is 10.6. The highest BCUT2D eigenvalue weighted by atomic mass is 16.5. The lowest BCUT2D eigenvalue weighted by molar-refractivity contribution is 0.0898. The van der Waals surface area contributed by atoms with E-state index in [9.17, 15) is 0 Å². The average molecular weight is 322 g/mol. The van der Waals surface area contributed by atoms with E-state index in [1.807, 2.05) is 12.2 Å². The summed E-state index contributed by atoms with van der Waals surface area (Å²) in [5, 5.41) is 0. The van der Waals surface area contributed by atoms with E-state index in [4.69, 9.17) is 9.47 Å². The lowest BCUT2D eigenvalue weighted by atomic mass is 10.1. The molecule has 0 amide bonds. The third kappa shape index (κ3) is 6.53. The van der Waals surface area contributed by atoms with E-state index in [1.165, 1.54) is 11.1 Å². The normalized spacial score (nSPS) is 10.5. The first-order valence-electron chi connectivity index (χ1n) is 8.40. The summed E-state index contributed by atoms with van der Waals surface area (Å²) in [6.45, 7) is 10.4. The molecule has 0 fully saturated rings. The Bertz CT molecular complexity index is 554. The first-order valence-corrected chi connectivity index (χ1v) is 8.40. The van der Waals surface area contributed by atoms with Crippen LogP contribution in [-0.4, -0.2) is 13.2 Å². The predicted octanol–water partition coefficient (Wildman–Crippen LogP) is 5.49. The van der Waals surface area contributed by atoms with E-state index in [0.717, 1.165) is 37.2 Å². The molecule has 0 aliphatic heterocycles. The fourth-order valence-corrected chi connectivity index (χ4v) is 2.29. The molecule has 0 spiro atoms. The molecule has 24 heavy (non-hydrogen) atoms. The van der Waals surface area contributed by atoms with Crippen LogP contribution in [0.1, 0.15) is 35.1 Å². The maximum absolute atomic E-state index is 5.69. The van der Waals surface area contributed by atoms with Crippen LogP contribution in [-0.2, 0) is 22.7 Å². The number of ether oxygens (including phenoxy) is 2. The molecule has 0 bridgehead atoms. The van der Waals surface area contributed by atoms with E-state index in [1.54, 1.807) is 0 Å². The monoisotopic (exact) mass is 322 g/mol. The molecule has 0 atom stereocenters. The van der Waals surface area contributed by atoms with E-state index in [2.05, 4.69) is 61.7 Å². The number of rotatable bonds is 11. The molecule has 0 radical (unpaired) electrons. The minimum atomic E-state index is 0.661. The van der Waals surface area contributed by atoms with Gasteiger partial charge in [-0.3, -0.25) is 0 Å². The minimum Gasteiger partial charge on any atom is -0.377 e. The summed E-state index contributed by atoms with van der Waals surface area (Å²) in [5.74, 6) is 0. The lowest BCUT2D eigenvalue weighted by Gasteiger charge is -2.06. The van der Waals surface area contributed by atoms with Gasteiger partial charge >= 0.3 is 0 Å². The van der Waals surface area contributed by atoms with Crippen molar-refractivity contribution in [3.05, 3.63) is 83.9 Å². The molecular weight excluding hydrogens is 296 g/mol. The summed E-state index contributed by atoms with van der Waals surface area (Å²) in [4.78, 5) is 0. The molecule has 2 aromatic rings. The summed E-state index contributed by atoms with van der Waals surface area (Å²) in [5.41, 5.74) is 4.66. The fourth-order valence-electron chi connectivity index (χ4n) is 2.29. The third-order valence-electron chi connectivity index (χ3n) is 3.80. The van der Waals surface area contributed by atoms with Gasteiger partial charge in [0, 0.05) is 13.2 Å². The van der Waals surface area contributed by atoms with Crippen LogP contribution >= 0.6 is 0 Å². The summed E-state index contributed by atoms with van der Waals surface area (Å²) in [6.07, 6.45) is 5.72. The zero-order chi connectivity index (χ0) is 17.0. The van der Waals surface area contributed by atoms with Gasteiger partial charge in [0.1, 0.15) is 0 Å². The van der Waals surface area contributed by atoms with Gasteiger partial charge in [0.25, 0.3) is 0 Å². The van der Waals surface area contributed by atoms with Crippen molar-refractivity contribution in [3.63, 3.8) is 0 Å². The highest BCUT2D eigenvalue weighted by molar-refractivity contribution is 5.47. The van der Waals surface area contributed by atoms with Gasteiger partial charge in [0.2, 0.25) is 0 Å². The van der Waals surface area contributed by atoms with Gasteiger partial charge in [-0.1, -0.05) is 73.8 Å². The van der Waals surface area contributed by atoms with Crippen LogP contribution < -0.4 is 0 Å². The van der Waals surface area contributed by atoms with Crippen molar-refractivity contribution in [2.75, 3.05) is 13.2 Å². The Morgan fingerprint density at radius 3 is 1.33 bits per heavy atom. The van der Waals surface area contributed by atoms with Gasteiger partial charge in [-0.25, -0.2) is 0 Å². The maximum Gasteiger partial charge on any atom is 0.0716 e. The minimum absolute atomic E-state index is 0.661. The van der Waals surface area contributed by atoms with Crippen molar-refractivity contribution < 1.29 is 9.47 Å². The standard InChI is InChI=1S/C22H26O2/c1-3-19-7-11-21(12-8-19)17-23-15-5-6-16-24-18-22-13-9-20(4-2)10-14-22/h3-4,7-14H,1-2,5-6,15-18H2. The van der Waals surface area contributed by atoms with Crippen molar-refractivity contribution in [1.82, 2.24) is 0 Å². The smallest absolute Gasteiger partial charge is 0.0716 e. The van der Waals surface area contributed by atoms with Gasteiger partial charge < -0.3 is 9.47 Å². The topological polar surface area (TPSA) is 18.5 Å². The summed E-state index contributed by atoms with van der Waals surface area (Å²) >= 11 is 0. The van der Waals surface area contributed by atoms with Crippen LogP contribution in [0.2, 0.25) is 0 Å². The zero-order valence-electron chi connectivity index (χ0n) is 14.2. The number of benzene rings is 2. The maximum atomic E-state index is 5.69. The van der Waals surface area contributed by atoms with E-state index < -0.39 is 0 Å². The molecule has 2 rings (SSSR count).